The minimum Gasteiger partial charge on any atom is -0.370 e. The van der Waals surface area contributed by atoms with Crippen LogP contribution in [0.2, 0.25) is 0 Å². The summed E-state index contributed by atoms with van der Waals surface area (Å²) in [4.78, 5) is 13.4. The van der Waals surface area contributed by atoms with Crippen LogP contribution in [0, 0.1) is 0 Å². The van der Waals surface area contributed by atoms with E-state index < -0.39 is 0 Å². The van der Waals surface area contributed by atoms with E-state index in [1.54, 1.807) is 11.3 Å². The van der Waals surface area contributed by atoms with Crippen molar-refractivity contribution in [2.45, 2.75) is 12.8 Å². The zero-order chi connectivity index (χ0) is 16.1. The first-order valence-corrected chi connectivity index (χ1v) is 8.86. The normalized spacial score (nSPS) is 16.6. The Bertz CT molecular complexity index is 624. The maximum absolute atomic E-state index is 6.18. The lowest BCUT2D eigenvalue weighted by molar-refractivity contribution is 0.380. The zero-order valence-electron chi connectivity index (χ0n) is 13.8. The van der Waals surface area contributed by atoms with Crippen LogP contribution in [0.15, 0.2) is 46.9 Å². The lowest BCUT2D eigenvalue weighted by Gasteiger charge is -2.35. The second-order valence-electron chi connectivity index (χ2n) is 5.80. The molecular weight excluding hydrogens is 433 g/mol. The monoisotopic (exact) mass is 457 g/mol. The largest absolute Gasteiger partial charge is 0.370 e. The number of piperazine rings is 1. The van der Waals surface area contributed by atoms with Gasteiger partial charge in [0.05, 0.1) is 0 Å². The third-order valence-electron chi connectivity index (χ3n) is 4.19. The van der Waals surface area contributed by atoms with Crippen molar-refractivity contribution in [2.75, 3.05) is 37.6 Å². The van der Waals surface area contributed by atoms with Crippen LogP contribution in [0.5, 0.6) is 0 Å². The van der Waals surface area contributed by atoms with Gasteiger partial charge in [0.25, 0.3) is 0 Å². The molecule has 24 heavy (non-hydrogen) atoms. The molecule has 0 spiro atoms. The number of nitrogens with two attached hydrogens (primary N) is 1. The second-order valence-corrected chi connectivity index (χ2v) is 6.67. The molecule has 1 saturated heterocycles. The van der Waals surface area contributed by atoms with Gasteiger partial charge >= 0.3 is 0 Å². The maximum Gasteiger partial charge on any atom is 0.191 e. The highest BCUT2D eigenvalue weighted by atomic mass is 127. The van der Waals surface area contributed by atoms with Crippen molar-refractivity contribution in [3.63, 3.8) is 0 Å². The molecule has 2 heterocycles. The van der Waals surface area contributed by atoms with Crippen LogP contribution in [-0.4, -0.2) is 48.6 Å². The van der Waals surface area contributed by atoms with E-state index in [0.29, 0.717) is 11.9 Å². The third kappa shape index (κ3) is 4.83. The zero-order valence-corrected chi connectivity index (χ0v) is 17.0. The molecule has 1 aromatic heterocycles. The molecular formula is C17H24IN5S. The smallest absolute Gasteiger partial charge is 0.191 e. The molecule has 2 aromatic rings. The fourth-order valence-corrected chi connectivity index (χ4v) is 3.41. The third-order valence-corrected chi connectivity index (χ3v) is 5.02. The molecule has 0 aliphatic carbocycles. The van der Waals surface area contributed by atoms with Crippen molar-refractivity contribution in [3.8, 4) is 0 Å². The first kappa shape index (κ1) is 19.0. The molecule has 1 unspecified atom stereocenters. The quantitative estimate of drug-likeness (QED) is 0.436. The summed E-state index contributed by atoms with van der Waals surface area (Å²) >= 11 is 1.69. The fourth-order valence-electron chi connectivity index (χ4n) is 2.72. The van der Waals surface area contributed by atoms with Gasteiger partial charge in [0.2, 0.25) is 0 Å². The molecule has 0 saturated carbocycles. The summed E-state index contributed by atoms with van der Waals surface area (Å²) in [6.45, 7) is 6.59. The molecule has 0 bridgehead atoms. The minimum absolute atomic E-state index is 0. The Morgan fingerprint density at radius 2 is 1.96 bits per heavy atom. The van der Waals surface area contributed by atoms with Crippen molar-refractivity contribution in [1.82, 2.24) is 9.88 Å². The van der Waals surface area contributed by atoms with Crippen molar-refractivity contribution >= 4 is 46.4 Å². The number of guanidine groups is 1. The Labute approximate surface area is 164 Å². The number of hydrogen-bond acceptors (Lipinski definition) is 4. The summed E-state index contributed by atoms with van der Waals surface area (Å²) in [6, 6.07) is 10.5. The molecule has 1 aliphatic rings. The van der Waals surface area contributed by atoms with Crippen LogP contribution in [0.25, 0.3) is 0 Å². The van der Waals surface area contributed by atoms with E-state index in [0.717, 1.165) is 37.9 Å². The highest BCUT2D eigenvalue weighted by molar-refractivity contribution is 14.0. The van der Waals surface area contributed by atoms with E-state index in [2.05, 4.69) is 51.0 Å². The molecule has 1 aromatic carbocycles. The van der Waals surface area contributed by atoms with Crippen LogP contribution in [0.4, 0.5) is 5.13 Å². The Hall–Kier alpha value is -1.35. The standard InChI is InChI=1S/C17H23N5S.HI/c1-14(15-5-3-2-4-6-15)13-20-16(18)21-8-10-22(11-9-21)17-19-7-12-23-17;/h2-7,12,14H,8-11,13H2,1H3,(H2,18,20);1H. The average Bonchev–Trinajstić information content (AvgIpc) is 3.15. The number of aliphatic imine (C=N–C) groups is 1. The molecule has 3 rings (SSSR count). The Morgan fingerprint density at radius 1 is 1.25 bits per heavy atom. The SMILES string of the molecule is CC(CN=C(N)N1CCN(c2nccs2)CC1)c1ccccc1.I. The van der Waals surface area contributed by atoms with Crippen LogP contribution >= 0.6 is 35.3 Å². The average molecular weight is 457 g/mol. The molecule has 1 aliphatic heterocycles. The number of thiazole rings is 1. The summed E-state index contributed by atoms with van der Waals surface area (Å²) in [7, 11) is 0. The fraction of sp³-hybridized carbons (Fsp3) is 0.412. The van der Waals surface area contributed by atoms with E-state index in [1.165, 1.54) is 5.56 Å². The van der Waals surface area contributed by atoms with Gasteiger partial charge in [0, 0.05) is 50.2 Å². The minimum atomic E-state index is 0. The van der Waals surface area contributed by atoms with Crippen LogP contribution in [0.1, 0.15) is 18.4 Å². The highest BCUT2D eigenvalue weighted by Gasteiger charge is 2.19. The molecule has 130 valence electrons. The number of aromatic nitrogens is 1. The lowest BCUT2D eigenvalue weighted by atomic mass is 10.0. The van der Waals surface area contributed by atoms with Crippen LogP contribution in [0.3, 0.4) is 0 Å². The second kappa shape index (κ2) is 9.22. The van der Waals surface area contributed by atoms with Crippen molar-refractivity contribution in [2.24, 2.45) is 10.7 Å². The molecule has 1 atom stereocenters. The van der Waals surface area contributed by atoms with Crippen LogP contribution in [-0.2, 0) is 0 Å². The predicted molar refractivity (Wildman–Crippen MR) is 113 cm³/mol. The summed E-state index contributed by atoms with van der Waals surface area (Å²) in [5.41, 5.74) is 7.49. The predicted octanol–water partition coefficient (Wildman–Crippen LogP) is 3.00. The van der Waals surface area contributed by atoms with Gasteiger partial charge in [-0.1, -0.05) is 37.3 Å². The number of nitrogens with zero attached hydrogens (tertiary/aromatic N) is 4. The first-order chi connectivity index (χ1) is 11.2. The maximum atomic E-state index is 6.18. The molecule has 1 fully saturated rings. The van der Waals surface area contributed by atoms with Crippen LogP contribution < -0.4 is 10.6 Å². The van der Waals surface area contributed by atoms with E-state index in [4.69, 9.17) is 5.73 Å². The Morgan fingerprint density at radius 3 is 2.58 bits per heavy atom. The van der Waals surface area contributed by atoms with Gasteiger partial charge in [0.15, 0.2) is 11.1 Å². The topological polar surface area (TPSA) is 57.8 Å². The molecule has 7 heteroatoms. The van der Waals surface area contributed by atoms with Gasteiger partial charge < -0.3 is 15.5 Å². The van der Waals surface area contributed by atoms with E-state index in [1.807, 2.05) is 17.6 Å². The van der Waals surface area contributed by atoms with Gasteiger partial charge in [-0.05, 0) is 5.56 Å². The number of hydrogen-bond donors (Lipinski definition) is 1. The molecule has 5 nitrogen and oxygen atoms in total. The van der Waals surface area contributed by atoms with E-state index >= 15 is 0 Å². The number of anilines is 1. The van der Waals surface area contributed by atoms with Gasteiger partial charge in [-0.25, -0.2) is 4.98 Å². The van der Waals surface area contributed by atoms with E-state index in [9.17, 15) is 0 Å². The highest BCUT2D eigenvalue weighted by Crippen LogP contribution is 2.19. The van der Waals surface area contributed by atoms with Crippen molar-refractivity contribution in [1.29, 1.82) is 0 Å². The summed E-state index contributed by atoms with van der Waals surface area (Å²) in [5.74, 6) is 1.04. The summed E-state index contributed by atoms with van der Waals surface area (Å²) < 4.78 is 0. The Balaban J connectivity index is 0.00000208. The van der Waals surface area contributed by atoms with Gasteiger partial charge in [0.1, 0.15) is 0 Å². The number of rotatable bonds is 4. The van der Waals surface area contributed by atoms with Crippen molar-refractivity contribution in [3.05, 3.63) is 47.5 Å². The summed E-state index contributed by atoms with van der Waals surface area (Å²) in [6.07, 6.45) is 1.85. The van der Waals surface area contributed by atoms with Gasteiger partial charge in [-0.15, -0.1) is 35.3 Å². The van der Waals surface area contributed by atoms with Gasteiger partial charge in [-0.2, -0.15) is 0 Å². The summed E-state index contributed by atoms with van der Waals surface area (Å²) in [5, 5.41) is 3.11. The van der Waals surface area contributed by atoms with Gasteiger partial charge in [-0.3, -0.25) is 4.99 Å². The first-order valence-electron chi connectivity index (χ1n) is 7.98. The molecule has 2 N–H and O–H groups in total. The lowest BCUT2D eigenvalue weighted by Crippen LogP contribution is -2.51. The molecule has 0 radical (unpaired) electrons. The Kier molecular flexibility index (Phi) is 7.29. The van der Waals surface area contributed by atoms with Crippen molar-refractivity contribution < 1.29 is 0 Å². The molecule has 0 amide bonds. The number of halogens is 1. The number of benzene rings is 1. The van der Waals surface area contributed by atoms with E-state index in [-0.39, 0.29) is 24.0 Å².